The molecule has 0 saturated heterocycles. The maximum Gasteiger partial charge on any atom is 0.437 e. The number of nitrogens with zero attached hydrogens (tertiary/aromatic N) is 4. The zero-order valence-corrected chi connectivity index (χ0v) is 16.3. The maximum atomic E-state index is 13.4. The summed E-state index contributed by atoms with van der Waals surface area (Å²) in [6.45, 7) is -1.22. The third-order valence-electron chi connectivity index (χ3n) is 4.01. The summed E-state index contributed by atoms with van der Waals surface area (Å²) in [6.07, 6.45) is -8.54. The third-order valence-corrected chi connectivity index (χ3v) is 4.23. The second-order valence-electron chi connectivity index (χ2n) is 6.35. The van der Waals surface area contributed by atoms with Crippen LogP contribution in [0.3, 0.4) is 0 Å². The van der Waals surface area contributed by atoms with Crippen molar-refractivity contribution in [1.29, 1.82) is 5.26 Å². The summed E-state index contributed by atoms with van der Waals surface area (Å²) >= 11 is 5.80. The molecule has 1 aromatic heterocycles. The van der Waals surface area contributed by atoms with Gasteiger partial charge in [-0.3, -0.25) is 9.36 Å². The van der Waals surface area contributed by atoms with Crippen molar-refractivity contribution in [3.8, 4) is 17.6 Å². The van der Waals surface area contributed by atoms with Gasteiger partial charge in [-0.25, -0.2) is 4.98 Å². The van der Waals surface area contributed by atoms with E-state index in [-0.39, 0.29) is 22.0 Å². The summed E-state index contributed by atoms with van der Waals surface area (Å²) in [5.74, 6) is -1.58. The van der Waals surface area contributed by atoms with Gasteiger partial charge in [0, 0.05) is 5.02 Å². The Kier molecular flexibility index (Phi) is 6.18. The lowest BCUT2D eigenvalue weighted by molar-refractivity contribution is -0.142. The second-order valence-corrected chi connectivity index (χ2v) is 6.78. The van der Waals surface area contributed by atoms with Crippen molar-refractivity contribution in [1.82, 2.24) is 15.0 Å². The molecule has 1 aliphatic rings. The Balaban J connectivity index is 2.04. The van der Waals surface area contributed by atoms with Crippen LogP contribution >= 0.6 is 11.6 Å². The van der Waals surface area contributed by atoms with E-state index < -0.39 is 48.0 Å². The molecule has 0 saturated carbocycles. The number of halogens is 7. The first-order valence-electron chi connectivity index (χ1n) is 8.51. The van der Waals surface area contributed by atoms with Gasteiger partial charge in [0.2, 0.25) is 5.75 Å². The van der Waals surface area contributed by atoms with E-state index >= 15 is 0 Å². The van der Waals surface area contributed by atoms with E-state index in [9.17, 15) is 31.1 Å². The van der Waals surface area contributed by atoms with Gasteiger partial charge in [-0.05, 0) is 24.3 Å². The summed E-state index contributed by atoms with van der Waals surface area (Å²) in [7, 11) is 0. The number of nitriles is 1. The fourth-order valence-corrected chi connectivity index (χ4v) is 2.85. The van der Waals surface area contributed by atoms with Crippen LogP contribution in [0.5, 0.6) is 11.5 Å². The Morgan fingerprint density at radius 3 is 2.53 bits per heavy atom. The monoisotopic (exact) mass is 477 g/mol. The van der Waals surface area contributed by atoms with Crippen molar-refractivity contribution in [2.75, 3.05) is 6.54 Å². The fourth-order valence-electron chi connectivity index (χ4n) is 2.63. The highest BCUT2D eigenvalue weighted by atomic mass is 35.5. The smallest absolute Gasteiger partial charge is 0.437 e. The molecule has 0 spiro atoms. The van der Waals surface area contributed by atoms with Crippen LogP contribution in [-0.2, 0) is 12.7 Å². The number of rotatable bonds is 4. The minimum Gasteiger partial charge on any atom is -0.449 e. The first-order valence-corrected chi connectivity index (χ1v) is 8.88. The van der Waals surface area contributed by atoms with Crippen LogP contribution in [0.4, 0.5) is 26.3 Å². The number of nitrogens with one attached hydrogen (secondary N) is 1. The van der Waals surface area contributed by atoms with Crippen LogP contribution in [0, 0.1) is 11.3 Å². The van der Waals surface area contributed by atoms with Crippen LogP contribution in [0.2, 0.25) is 5.02 Å². The number of aromatic nitrogens is 2. The molecule has 0 aliphatic carbocycles. The van der Waals surface area contributed by atoms with Crippen LogP contribution in [-0.4, -0.2) is 28.0 Å². The van der Waals surface area contributed by atoms with Gasteiger partial charge < -0.3 is 10.2 Å². The minimum atomic E-state index is -5.09. The Hall–Kier alpha value is -3.53. The van der Waals surface area contributed by atoms with Gasteiger partial charge in [-0.15, -0.1) is 0 Å². The molecule has 3 rings (SSSR count). The van der Waals surface area contributed by atoms with Crippen molar-refractivity contribution >= 4 is 17.3 Å². The average Bonchev–Trinajstić information content (AvgIpc) is 2.69. The molecule has 0 atom stereocenters. The van der Waals surface area contributed by atoms with Gasteiger partial charge in [0.15, 0.2) is 5.69 Å². The standard InChI is InChI=1S/C18H10ClF6N5O2/c19-11-1-9(5-26)2-13(4-11)32-14-15(18(23,24)25)27-8-30(16(14)31)7-12-3-10(6-28-29-12)17(20,21)22/h1-4,8,28H,6-7H2. The molecule has 2 aromatic rings. The van der Waals surface area contributed by atoms with Crippen LogP contribution in [0.15, 0.2) is 46.1 Å². The zero-order chi connectivity index (χ0) is 23.7. The van der Waals surface area contributed by atoms with E-state index in [4.69, 9.17) is 21.6 Å². The largest absolute Gasteiger partial charge is 0.449 e. The molecule has 0 bridgehead atoms. The predicted molar refractivity (Wildman–Crippen MR) is 99.3 cm³/mol. The van der Waals surface area contributed by atoms with Crippen LogP contribution in [0.1, 0.15) is 11.3 Å². The summed E-state index contributed by atoms with van der Waals surface area (Å²) in [6, 6.07) is 5.08. The molecule has 1 N–H and O–H groups in total. The van der Waals surface area contributed by atoms with E-state index in [0.717, 1.165) is 12.1 Å². The van der Waals surface area contributed by atoms with Gasteiger partial charge in [0.25, 0.3) is 5.56 Å². The lowest BCUT2D eigenvalue weighted by Crippen LogP contribution is -2.32. The number of alkyl halides is 6. The molecular weight excluding hydrogens is 468 g/mol. The van der Waals surface area contributed by atoms with Crippen LogP contribution < -0.4 is 15.7 Å². The van der Waals surface area contributed by atoms with Crippen molar-refractivity contribution < 1.29 is 31.1 Å². The van der Waals surface area contributed by atoms with Crippen molar-refractivity contribution in [3.63, 3.8) is 0 Å². The molecule has 1 aromatic carbocycles. The van der Waals surface area contributed by atoms with E-state index in [1.807, 2.05) is 0 Å². The first kappa shape index (κ1) is 23.1. The Morgan fingerprint density at radius 2 is 1.91 bits per heavy atom. The van der Waals surface area contributed by atoms with Gasteiger partial charge in [0.1, 0.15) is 5.75 Å². The normalized spacial score (nSPS) is 14.2. The average molecular weight is 478 g/mol. The van der Waals surface area contributed by atoms with Gasteiger partial charge in [0.05, 0.1) is 42.3 Å². The molecular formula is C18H10ClF6N5O2. The molecule has 0 radical (unpaired) electrons. The summed E-state index contributed by atoms with van der Waals surface area (Å²) in [4.78, 5) is 15.9. The van der Waals surface area contributed by atoms with Crippen molar-refractivity contribution in [2.24, 2.45) is 5.10 Å². The second kappa shape index (κ2) is 8.54. The van der Waals surface area contributed by atoms with Gasteiger partial charge in [-0.1, -0.05) is 11.6 Å². The number of hydrazone groups is 1. The van der Waals surface area contributed by atoms with Gasteiger partial charge in [-0.2, -0.15) is 36.7 Å². The number of hydrogen-bond donors (Lipinski definition) is 1. The highest BCUT2D eigenvalue weighted by Crippen LogP contribution is 2.35. The van der Waals surface area contributed by atoms with Gasteiger partial charge >= 0.3 is 12.4 Å². The van der Waals surface area contributed by atoms with E-state index in [2.05, 4.69) is 15.5 Å². The number of benzene rings is 1. The number of hydrogen-bond acceptors (Lipinski definition) is 6. The number of ether oxygens (including phenoxy) is 1. The molecule has 32 heavy (non-hydrogen) atoms. The highest BCUT2D eigenvalue weighted by molar-refractivity contribution is 6.30. The molecule has 7 nitrogen and oxygen atoms in total. The Morgan fingerprint density at radius 1 is 1.19 bits per heavy atom. The quantitative estimate of drug-likeness (QED) is 0.671. The predicted octanol–water partition coefficient (Wildman–Crippen LogP) is 4.03. The topological polar surface area (TPSA) is 92.3 Å². The summed E-state index contributed by atoms with van der Waals surface area (Å²) in [5.41, 5.74) is -2.14. The van der Waals surface area contributed by atoms with Crippen molar-refractivity contribution in [2.45, 2.75) is 18.9 Å². The first-order chi connectivity index (χ1) is 14.9. The number of allylic oxidation sites excluding steroid dienone is 1. The molecule has 0 amide bonds. The Bertz CT molecular complexity index is 1210. The van der Waals surface area contributed by atoms with Crippen LogP contribution in [0.25, 0.3) is 0 Å². The van der Waals surface area contributed by atoms with E-state index in [0.29, 0.717) is 17.0 Å². The molecule has 1 aliphatic heterocycles. The van der Waals surface area contributed by atoms with E-state index in [1.54, 1.807) is 6.07 Å². The highest BCUT2D eigenvalue weighted by Gasteiger charge is 2.39. The lowest BCUT2D eigenvalue weighted by Gasteiger charge is -2.18. The summed E-state index contributed by atoms with van der Waals surface area (Å²) < 4.78 is 84.6. The molecule has 168 valence electrons. The maximum absolute atomic E-state index is 13.4. The SMILES string of the molecule is N#Cc1cc(Cl)cc(Oc2c(C(F)(F)F)ncn(CC3=NNCC(C(F)(F)F)=C3)c2=O)c1. The lowest BCUT2D eigenvalue weighted by atomic mass is 10.1. The molecule has 2 heterocycles. The molecule has 0 unspecified atom stereocenters. The minimum absolute atomic E-state index is 0.0377. The van der Waals surface area contributed by atoms with Crippen molar-refractivity contribution in [3.05, 3.63) is 62.8 Å². The third kappa shape index (κ3) is 5.20. The van der Waals surface area contributed by atoms with E-state index in [1.165, 1.54) is 6.07 Å². The zero-order valence-electron chi connectivity index (χ0n) is 15.6. The molecule has 14 heteroatoms. The Labute approximate surface area is 180 Å². The summed E-state index contributed by atoms with van der Waals surface area (Å²) in [5, 5.41) is 12.6. The fraction of sp³-hybridized carbons (Fsp3) is 0.222. The molecule has 0 fully saturated rings.